The standard InChI is InChI=1S/C14H16N4O3/c1-7-4-9-10(5-8(7)6-19)18(3)12-11(15-9)13(20)17-14(2,21)16-12/h4-5,19,21H,6H2,1-3H3,(H,17,20). The molecule has 2 aliphatic heterocycles. The van der Waals surface area contributed by atoms with Gasteiger partial charge in [0.25, 0.3) is 5.91 Å². The van der Waals surface area contributed by atoms with Crippen LogP contribution >= 0.6 is 0 Å². The summed E-state index contributed by atoms with van der Waals surface area (Å²) < 4.78 is 0. The molecule has 1 unspecified atom stereocenters. The topological polar surface area (TPSA) is 97.5 Å². The minimum absolute atomic E-state index is 0.0752. The summed E-state index contributed by atoms with van der Waals surface area (Å²) in [4.78, 5) is 22.2. The third kappa shape index (κ3) is 2.10. The van der Waals surface area contributed by atoms with Gasteiger partial charge in [-0.25, -0.2) is 9.98 Å². The van der Waals surface area contributed by atoms with Crippen LogP contribution in [0.5, 0.6) is 0 Å². The first-order valence-corrected chi connectivity index (χ1v) is 6.54. The van der Waals surface area contributed by atoms with Crippen molar-refractivity contribution in [1.29, 1.82) is 0 Å². The van der Waals surface area contributed by atoms with Crippen molar-refractivity contribution in [2.75, 3.05) is 11.9 Å². The molecule has 1 amide bonds. The van der Waals surface area contributed by atoms with Crippen LogP contribution in [0.15, 0.2) is 22.1 Å². The summed E-state index contributed by atoms with van der Waals surface area (Å²) in [6, 6.07) is 3.63. The average molecular weight is 288 g/mol. The molecule has 3 N–H and O–H groups in total. The van der Waals surface area contributed by atoms with E-state index in [1.807, 2.05) is 19.1 Å². The van der Waals surface area contributed by atoms with Crippen LogP contribution in [-0.2, 0) is 11.4 Å². The summed E-state index contributed by atoms with van der Waals surface area (Å²) in [6.07, 6.45) is 0. The van der Waals surface area contributed by atoms with Gasteiger partial charge in [0.2, 0.25) is 5.85 Å². The molecule has 0 radical (unpaired) electrons. The third-order valence-corrected chi connectivity index (χ3v) is 3.62. The molecule has 0 saturated heterocycles. The number of fused-ring (bicyclic) bond motifs is 2. The predicted molar refractivity (Wildman–Crippen MR) is 78.8 cm³/mol. The summed E-state index contributed by atoms with van der Waals surface area (Å²) in [6.45, 7) is 3.20. The molecule has 7 heteroatoms. The SMILES string of the molecule is Cc1cc2c(cc1CO)N(C)C1=NC(C)(O)NC(=O)C1=N2. The molecule has 2 aliphatic rings. The highest BCUT2D eigenvalue weighted by molar-refractivity contribution is 6.70. The second kappa shape index (κ2) is 4.37. The largest absolute Gasteiger partial charge is 0.392 e. The molecule has 110 valence electrons. The summed E-state index contributed by atoms with van der Waals surface area (Å²) in [7, 11) is 1.75. The lowest BCUT2D eigenvalue weighted by molar-refractivity contribution is -0.121. The Morgan fingerprint density at radius 1 is 1.43 bits per heavy atom. The fourth-order valence-electron chi connectivity index (χ4n) is 2.49. The van der Waals surface area contributed by atoms with Gasteiger partial charge in [-0.15, -0.1) is 0 Å². The summed E-state index contributed by atoms with van der Waals surface area (Å²) in [5.41, 5.74) is 3.23. The molecule has 0 spiro atoms. The molecule has 0 saturated carbocycles. The monoisotopic (exact) mass is 288 g/mol. The van der Waals surface area contributed by atoms with E-state index in [1.54, 1.807) is 11.9 Å². The van der Waals surface area contributed by atoms with Crippen molar-refractivity contribution in [3.63, 3.8) is 0 Å². The Morgan fingerprint density at radius 3 is 2.81 bits per heavy atom. The number of carbonyl (C=O) groups excluding carboxylic acids is 1. The van der Waals surface area contributed by atoms with E-state index in [9.17, 15) is 15.0 Å². The number of benzene rings is 1. The molecule has 0 aliphatic carbocycles. The smallest absolute Gasteiger partial charge is 0.277 e. The van der Waals surface area contributed by atoms with Crippen molar-refractivity contribution in [3.8, 4) is 0 Å². The molecule has 0 fully saturated rings. The van der Waals surface area contributed by atoms with E-state index in [4.69, 9.17) is 0 Å². The summed E-state index contributed by atoms with van der Waals surface area (Å²) in [5, 5.41) is 21.7. The van der Waals surface area contributed by atoms with Gasteiger partial charge in [-0.1, -0.05) is 0 Å². The van der Waals surface area contributed by atoms with E-state index < -0.39 is 11.8 Å². The molecule has 0 aromatic heterocycles. The number of amidine groups is 1. The van der Waals surface area contributed by atoms with Crippen LogP contribution in [0.3, 0.4) is 0 Å². The Kier molecular flexibility index (Phi) is 2.86. The zero-order chi connectivity index (χ0) is 15.4. The molecular weight excluding hydrogens is 272 g/mol. The van der Waals surface area contributed by atoms with Gasteiger partial charge < -0.3 is 20.4 Å². The number of rotatable bonds is 1. The number of hydrogen-bond acceptors (Lipinski definition) is 6. The lowest BCUT2D eigenvalue weighted by Gasteiger charge is -2.34. The van der Waals surface area contributed by atoms with Crippen molar-refractivity contribution in [1.82, 2.24) is 5.32 Å². The number of anilines is 1. The molecular formula is C14H16N4O3. The highest BCUT2D eigenvalue weighted by atomic mass is 16.3. The fourth-order valence-corrected chi connectivity index (χ4v) is 2.49. The van der Waals surface area contributed by atoms with E-state index in [0.29, 0.717) is 11.5 Å². The summed E-state index contributed by atoms with van der Waals surface area (Å²) in [5.74, 6) is -1.81. The van der Waals surface area contributed by atoms with Crippen molar-refractivity contribution >= 4 is 28.8 Å². The zero-order valence-corrected chi connectivity index (χ0v) is 12.0. The van der Waals surface area contributed by atoms with Gasteiger partial charge in [-0.05, 0) is 30.2 Å². The molecule has 1 aromatic carbocycles. The maximum absolute atomic E-state index is 12.1. The van der Waals surface area contributed by atoms with Gasteiger partial charge in [0, 0.05) is 14.0 Å². The second-order valence-corrected chi connectivity index (χ2v) is 5.36. The molecule has 7 nitrogen and oxygen atoms in total. The molecule has 1 atom stereocenters. The fraction of sp³-hybridized carbons (Fsp3) is 0.357. The van der Waals surface area contributed by atoms with Crippen LogP contribution in [0.1, 0.15) is 18.1 Å². The summed E-state index contributed by atoms with van der Waals surface area (Å²) >= 11 is 0. The number of aliphatic hydroxyl groups excluding tert-OH is 1. The number of aliphatic imine (C=N–C) groups is 2. The Labute approximate surface area is 121 Å². The lowest BCUT2D eigenvalue weighted by Crippen LogP contribution is -2.58. The van der Waals surface area contributed by atoms with Crippen molar-refractivity contribution in [2.45, 2.75) is 26.3 Å². The molecule has 21 heavy (non-hydrogen) atoms. The molecule has 1 aromatic rings. The Bertz CT molecular complexity index is 706. The van der Waals surface area contributed by atoms with Crippen LogP contribution in [-0.4, -0.2) is 40.6 Å². The number of nitrogens with one attached hydrogen (secondary N) is 1. The normalized spacial score (nSPS) is 23.9. The van der Waals surface area contributed by atoms with Crippen LogP contribution in [0.25, 0.3) is 0 Å². The highest BCUT2D eigenvalue weighted by Crippen LogP contribution is 2.36. The maximum atomic E-state index is 12.1. The first-order valence-electron chi connectivity index (χ1n) is 6.54. The predicted octanol–water partition coefficient (Wildman–Crippen LogP) is 0.204. The van der Waals surface area contributed by atoms with Gasteiger partial charge in [0.15, 0.2) is 11.5 Å². The Hall–Kier alpha value is -2.25. The lowest BCUT2D eigenvalue weighted by atomic mass is 10.0. The number of aliphatic hydroxyl groups is 2. The van der Waals surface area contributed by atoms with Crippen LogP contribution < -0.4 is 10.2 Å². The Balaban J connectivity index is 2.22. The third-order valence-electron chi connectivity index (χ3n) is 3.62. The van der Waals surface area contributed by atoms with E-state index >= 15 is 0 Å². The number of aryl methyl sites for hydroxylation is 1. The van der Waals surface area contributed by atoms with Crippen molar-refractivity contribution in [3.05, 3.63) is 23.3 Å². The van der Waals surface area contributed by atoms with Crippen molar-refractivity contribution < 1.29 is 15.0 Å². The van der Waals surface area contributed by atoms with Crippen LogP contribution in [0.2, 0.25) is 0 Å². The van der Waals surface area contributed by atoms with E-state index in [-0.39, 0.29) is 12.3 Å². The first kappa shape index (κ1) is 13.7. The average Bonchev–Trinajstić information content (AvgIpc) is 2.39. The van der Waals surface area contributed by atoms with Gasteiger partial charge >= 0.3 is 0 Å². The Morgan fingerprint density at radius 2 is 2.14 bits per heavy atom. The van der Waals surface area contributed by atoms with Gasteiger partial charge in [0.05, 0.1) is 18.0 Å². The number of amides is 1. The highest BCUT2D eigenvalue weighted by Gasteiger charge is 2.38. The van der Waals surface area contributed by atoms with E-state index in [0.717, 1.165) is 16.8 Å². The zero-order valence-electron chi connectivity index (χ0n) is 12.0. The second-order valence-electron chi connectivity index (χ2n) is 5.36. The van der Waals surface area contributed by atoms with Gasteiger partial charge in [0.1, 0.15) is 0 Å². The van der Waals surface area contributed by atoms with Gasteiger partial charge in [-0.2, -0.15) is 0 Å². The number of nitrogens with zero attached hydrogens (tertiary/aromatic N) is 3. The van der Waals surface area contributed by atoms with Crippen LogP contribution in [0.4, 0.5) is 11.4 Å². The molecule has 2 heterocycles. The quantitative estimate of drug-likeness (QED) is 0.688. The molecule has 0 bridgehead atoms. The number of carbonyl (C=O) groups is 1. The maximum Gasteiger partial charge on any atom is 0.277 e. The minimum Gasteiger partial charge on any atom is -0.392 e. The van der Waals surface area contributed by atoms with E-state index in [2.05, 4.69) is 15.3 Å². The van der Waals surface area contributed by atoms with Crippen LogP contribution in [0, 0.1) is 6.92 Å². The minimum atomic E-state index is -1.65. The molecule has 3 rings (SSSR count). The first-order chi connectivity index (χ1) is 9.82. The van der Waals surface area contributed by atoms with Gasteiger partial charge in [-0.3, -0.25) is 4.79 Å². The van der Waals surface area contributed by atoms with E-state index in [1.165, 1.54) is 6.92 Å². The van der Waals surface area contributed by atoms with Crippen molar-refractivity contribution in [2.24, 2.45) is 9.98 Å². The number of hydrogen-bond donors (Lipinski definition) is 3.